The number of aromatic nitrogens is 1. The van der Waals surface area contributed by atoms with Gasteiger partial charge in [-0.05, 0) is 39.2 Å². The lowest BCUT2D eigenvalue weighted by Crippen LogP contribution is -2.28. The second-order valence-electron chi connectivity index (χ2n) is 5.28. The molecule has 0 radical (unpaired) electrons. The molecule has 0 aliphatic carbocycles. The number of nitrogens with one attached hydrogen (secondary N) is 1. The van der Waals surface area contributed by atoms with Gasteiger partial charge in [-0.25, -0.2) is 4.98 Å². The van der Waals surface area contributed by atoms with Crippen molar-refractivity contribution in [2.75, 3.05) is 13.2 Å². The molecular weight excluding hydrogens is 256 g/mol. The molecule has 1 unspecified atom stereocenters. The summed E-state index contributed by atoms with van der Waals surface area (Å²) in [6.45, 7) is 8.36. The summed E-state index contributed by atoms with van der Waals surface area (Å²) in [5.41, 5.74) is 1.06. The van der Waals surface area contributed by atoms with E-state index in [9.17, 15) is 0 Å². The predicted molar refractivity (Wildman–Crippen MR) is 80.7 cm³/mol. The zero-order valence-corrected chi connectivity index (χ0v) is 13.2. The van der Waals surface area contributed by atoms with E-state index in [1.54, 1.807) is 11.3 Å². The van der Waals surface area contributed by atoms with Crippen LogP contribution in [-0.2, 0) is 16.8 Å². The summed E-state index contributed by atoms with van der Waals surface area (Å²) < 4.78 is 6.03. The Morgan fingerprint density at radius 1 is 1.42 bits per heavy atom. The molecule has 0 aromatic carbocycles. The van der Waals surface area contributed by atoms with E-state index < -0.39 is 0 Å². The van der Waals surface area contributed by atoms with Crippen LogP contribution in [0.1, 0.15) is 57.2 Å². The molecule has 19 heavy (non-hydrogen) atoms. The number of rotatable bonds is 7. The first kappa shape index (κ1) is 14.9. The van der Waals surface area contributed by atoms with Gasteiger partial charge in [0.2, 0.25) is 0 Å². The third-order valence-electron chi connectivity index (χ3n) is 4.12. The Hall–Kier alpha value is -0.450. The molecule has 0 amide bonds. The molecule has 1 atom stereocenters. The molecule has 1 aromatic heterocycles. The molecule has 1 aromatic rings. The van der Waals surface area contributed by atoms with Gasteiger partial charge in [0, 0.05) is 24.4 Å². The van der Waals surface area contributed by atoms with Gasteiger partial charge in [0.25, 0.3) is 0 Å². The Bertz CT molecular complexity index is 381. The topological polar surface area (TPSA) is 34.1 Å². The highest BCUT2D eigenvalue weighted by Crippen LogP contribution is 2.35. The Morgan fingerprint density at radius 2 is 2.21 bits per heavy atom. The molecule has 1 fully saturated rings. The first-order valence-corrected chi connectivity index (χ1v) is 8.44. The van der Waals surface area contributed by atoms with E-state index in [-0.39, 0.29) is 5.60 Å². The van der Waals surface area contributed by atoms with Crippen molar-refractivity contribution in [2.24, 2.45) is 0 Å². The smallest absolute Gasteiger partial charge is 0.125 e. The summed E-state index contributed by atoms with van der Waals surface area (Å²) in [4.78, 5) is 4.86. The van der Waals surface area contributed by atoms with Crippen LogP contribution in [0.4, 0.5) is 0 Å². The number of hydrogen-bond acceptors (Lipinski definition) is 4. The Kier molecular flexibility index (Phi) is 5.37. The molecule has 1 aliphatic rings. The van der Waals surface area contributed by atoms with Gasteiger partial charge in [-0.2, -0.15) is 0 Å². The van der Waals surface area contributed by atoms with E-state index in [4.69, 9.17) is 9.72 Å². The van der Waals surface area contributed by atoms with E-state index in [2.05, 4.69) is 31.5 Å². The standard InChI is InChI=1S/C15H26N2OS/c1-4-15(5-2,18-6-3)14-17-13(11-19-14)10-12-8-7-9-16-12/h11-12,16H,4-10H2,1-3H3. The average molecular weight is 282 g/mol. The summed E-state index contributed by atoms with van der Waals surface area (Å²) >= 11 is 1.77. The summed E-state index contributed by atoms with van der Waals surface area (Å²) in [6.07, 6.45) is 5.63. The van der Waals surface area contributed by atoms with Crippen molar-refractivity contribution < 1.29 is 4.74 Å². The van der Waals surface area contributed by atoms with Crippen molar-refractivity contribution in [3.05, 3.63) is 16.1 Å². The van der Waals surface area contributed by atoms with E-state index >= 15 is 0 Å². The molecule has 0 spiro atoms. The molecule has 108 valence electrons. The second-order valence-corrected chi connectivity index (χ2v) is 6.13. The van der Waals surface area contributed by atoms with Gasteiger partial charge in [-0.15, -0.1) is 11.3 Å². The molecule has 0 bridgehead atoms. The predicted octanol–water partition coefficient (Wildman–Crippen LogP) is 3.49. The molecule has 1 N–H and O–H groups in total. The van der Waals surface area contributed by atoms with Crippen LogP contribution in [0.5, 0.6) is 0 Å². The zero-order chi connectivity index (χ0) is 13.7. The SMILES string of the molecule is CCOC(CC)(CC)c1nc(CC2CCCN2)cs1. The lowest BCUT2D eigenvalue weighted by molar-refractivity contribution is -0.0507. The van der Waals surface area contributed by atoms with Crippen molar-refractivity contribution in [3.63, 3.8) is 0 Å². The van der Waals surface area contributed by atoms with Crippen LogP contribution >= 0.6 is 11.3 Å². The number of nitrogens with zero attached hydrogens (tertiary/aromatic N) is 1. The van der Waals surface area contributed by atoms with Crippen molar-refractivity contribution in [1.29, 1.82) is 0 Å². The van der Waals surface area contributed by atoms with Crippen molar-refractivity contribution in [3.8, 4) is 0 Å². The highest BCUT2D eigenvalue weighted by molar-refractivity contribution is 7.09. The highest BCUT2D eigenvalue weighted by atomic mass is 32.1. The normalized spacial score (nSPS) is 20.1. The van der Waals surface area contributed by atoms with E-state index in [1.807, 2.05) is 0 Å². The number of ether oxygens (including phenoxy) is 1. The highest BCUT2D eigenvalue weighted by Gasteiger charge is 2.32. The van der Waals surface area contributed by atoms with Gasteiger partial charge in [-0.1, -0.05) is 13.8 Å². The van der Waals surface area contributed by atoms with Crippen molar-refractivity contribution >= 4 is 11.3 Å². The second kappa shape index (κ2) is 6.82. The maximum Gasteiger partial charge on any atom is 0.125 e. The molecule has 1 aliphatic heterocycles. The lowest BCUT2D eigenvalue weighted by Gasteiger charge is -2.29. The molecule has 1 saturated heterocycles. The first-order valence-electron chi connectivity index (χ1n) is 7.56. The Morgan fingerprint density at radius 3 is 2.79 bits per heavy atom. The van der Waals surface area contributed by atoms with Gasteiger partial charge in [0.15, 0.2) is 0 Å². The first-order chi connectivity index (χ1) is 9.24. The van der Waals surface area contributed by atoms with E-state index in [0.717, 1.165) is 37.4 Å². The van der Waals surface area contributed by atoms with Crippen LogP contribution < -0.4 is 5.32 Å². The quantitative estimate of drug-likeness (QED) is 0.831. The van der Waals surface area contributed by atoms with Crippen LogP contribution in [0.15, 0.2) is 5.38 Å². The van der Waals surface area contributed by atoms with Gasteiger partial charge in [-0.3, -0.25) is 0 Å². The van der Waals surface area contributed by atoms with Crippen LogP contribution in [0.3, 0.4) is 0 Å². The fraction of sp³-hybridized carbons (Fsp3) is 0.800. The fourth-order valence-electron chi connectivity index (χ4n) is 2.89. The fourth-order valence-corrected chi connectivity index (χ4v) is 4.02. The lowest BCUT2D eigenvalue weighted by atomic mass is 9.98. The largest absolute Gasteiger partial charge is 0.368 e. The molecule has 3 nitrogen and oxygen atoms in total. The summed E-state index contributed by atoms with van der Waals surface area (Å²) in [6, 6.07) is 0.625. The number of hydrogen-bond donors (Lipinski definition) is 1. The average Bonchev–Trinajstić information content (AvgIpc) is 3.09. The van der Waals surface area contributed by atoms with E-state index in [0.29, 0.717) is 6.04 Å². The Balaban J connectivity index is 2.08. The van der Waals surface area contributed by atoms with Crippen molar-refractivity contribution in [2.45, 2.75) is 64.5 Å². The minimum atomic E-state index is -0.166. The Labute approximate surface area is 120 Å². The van der Waals surface area contributed by atoms with Crippen LogP contribution in [0, 0.1) is 0 Å². The third-order valence-corrected chi connectivity index (χ3v) is 5.20. The van der Waals surface area contributed by atoms with Gasteiger partial charge < -0.3 is 10.1 Å². The monoisotopic (exact) mass is 282 g/mol. The molecular formula is C15H26N2OS. The summed E-state index contributed by atoms with van der Waals surface area (Å²) in [5.74, 6) is 0. The summed E-state index contributed by atoms with van der Waals surface area (Å²) in [7, 11) is 0. The third kappa shape index (κ3) is 3.36. The maximum atomic E-state index is 6.03. The number of thiazole rings is 1. The van der Waals surface area contributed by atoms with Gasteiger partial charge >= 0.3 is 0 Å². The minimum Gasteiger partial charge on any atom is -0.368 e. The zero-order valence-electron chi connectivity index (χ0n) is 12.4. The molecule has 0 saturated carbocycles. The van der Waals surface area contributed by atoms with Crippen molar-refractivity contribution in [1.82, 2.24) is 10.3 Å². The van der Waals surface area contributed by atoms with Crippen LogP contribution in [0.25, 0.3) is 0 Å². The van der Waals surface area contributed by atoms with Gasteiger partial charge in [0.05, 0.1) is 5.69 Å². The molecule has 2 rings (SSSR count). The van der Waals surface area contributed by atoms with Crippen LogP contribution in [-0.4, -0.2) is 24.2 Å². The maximum absolute atomic E-state index is 6.03. The molecule has 2 heterocycles. The molecule has 4 heteroatoms. The van der Waals surface area contributed by atoms with Gasteiger partial charge in [0.1, 0.15) is 10.6 Å². The van der Waals surface area contributed by atoms with Crippen LogP contribution in [0.2, 0.25) is 0 Å². The summed E-state index contributed by atoms with van der Waals surface area (Å²) in [5, 5.41) is 6.92. The van der Waals surface area contributed by atoms with E-state index in [1.165, 1.54) is 18.5 Å². The minimum absolute atomic E-state index is 0.166.